The summed E-state index contributed by atoms with van der Waals surface area (Å²) in [6.45, 7) is 23.3. The molecule has 0 unspecified atom stereocenters. The molecule has 2 aliphatic rings. The second-order valence-electron chi connectivity index (χ2n) is 11.0. The van der Waals surface area contributed by atoms with Gasteiger partial charge in [0, 0.05) is 6.42 Å². The van der Waals surface area contributed by atoms with E-state index in [-0.39, 0.29) is 22.5 Å². The number of fused-ring (bicyclic) bond motifs is 1. The predicted octanol–water partition coefficient (Wildman–Crippen LogP) is 6.37. The highest BCUT2D eigenvalue weighted by Gasteiger charge is 2.56. The normalized spacial score (nSPS) is 36.0. The van der Waals surface area contributed by atoms with Crippen molar-refractivity contribution >= 4 is 14.6 Å². The molecule has 144 valence electrons. The van der Waals surface area contributed by atoms with Crippen molar-refractivity contribution in [3.8, 4) is 0 Å². The molecule has 0 radical (unpaired) electrons. The summed E-state index contributed by atoms with van der Waals surface area (Å²) >= 11 is 0. The van der Waals surface area contributed by atoms with Gasteiger partial charge < -0.3 is 9.22 Å². The number of rotatable bonds is 4. The zero-order valence-corrected chi connectivity index (χ0v) is 18.9. The summed E-state index contributed by atoms with van der Waals surface area (Å²) < 4.78 is 6.84. The van der Waals surface area contributed by atoms with E-state index in [4.69, 9.17) is 4.43 Å². The zero-order chi connectivity index (χ0) is 19.3. The van der Waals surface area contributed by atoms with Gasteiger partial charge in [0.15, 0.2) is 8.32 Å². The van der Waals surface area contributed by atoms with Crippen molar-refractivity contribution in [2.24, 2.45) is 22.7 Å². The smallest absolute Gasteiger partial charge is 0.192 e. The van der Waals surface area contributed by atoms with E-state index in [0.717, 1.165) is 12.7 Å². The van der Waals surface area contributed by atoms with Crippen LogP contribution in [-0.2, 0) is 9.22 Å². The molecule has 4 atom stereocenters. The minimum absolute atomic E-state index is 0.112. The maximum atomic E-state index is 11.5. The van der Waals surface area contributed by atoms with Crippen LogP contribution in [0.15, 0.2) is 12.2 Å². The van der Waals surface area contributed by atoms with Crippen LogP contribution in [0, 0.1) is 22.7 Å². The van der Waals surface area contributed by atoms with Crippen LogP contribution in [0.1, 0.15) is 73.6 Å². The van der Waals surface area contributed by atoms with Crippen LogP contribution >= 0.6 is 0 Å². The van der Waals surface area contributed by atoms with Crippen LogP contribution in [0.5, 0.6) is 0 Å². The lowest BCUT2D eigenvalue weighted by atomic mass is 9.47. The first-order valence-corrected chi connectivity index (χ1v) is 13.0. The Bertz CT molecular complexity index is 529. The van der Waals surface area contributed by atoms with E-state index in [2.05, 4.69) is 61.2 Å². The van der Waals surface area contributed by atoms with Crippen molar-refractivity contribution in [3.63, 3.8) is 0 Å². The molecule has 2 fully saturated rings. The molecule has 0 aromatic heterocycles. The number of aldehydes is 1. The van der Waals surface area contributed by atoms with Crippen LogP contribution in [0.25, 0.3) is 0 Å². The number of hydrogen-bond donors (Lipinski definition) is 0. The number of carbonyl (C=O) groups excluding carboxylic acids is 1. The van der Waals surface area contributed by atoms with Crippen LogP contribution < -0.4 is 0 Å². The maximum Gasteiger partial charge on any atom is 0.192 e. The van der Waals surface area contributed by atoms with Crippen LogP contribution in [0.3, 0.4) is 0 Å². The molecule has 2 saturated carbocycles. The minimum Gasteiger partial charge on any atom is -0.410 e. The van der Waals surface area contributed by atoms with E-state index in [1.54, 1.807) is 0 Å². The van der Waals surface area contributed by atoms with E-state index >= 15 is 0 Å². The summed E-state index contributed by atoms with van der Waals surface area (Å²) in [5, 5.41) is 0.191. The largest absolute Gasteiger partial charge is 0.410 e. The molecule has 2 nitrogen and oxygen atoms in total. The highest BCUT2D eigenvalue weighted by molar-refractivity contribution is 6.74. The minimum atomic E-state index is -1.86. The summed E-state index contributed by atoms with van der Waals surface area (Å²) in [7, 11) is -1.86. The van der Waals surface area contributed by atoms with Gasteiger partial charge in [-0.2, -0.15) is 0 Å². The first kappa shape index (κ1) is 20.9. The molecule has 0 aromatic rings. The van der Waals surface area contributed by atoms with Crippen molar-refractivity contribution in [2.45, 2.75) is 97.9 Å². The number of hydrogen-bond acceptors (Lipinski definition) is 2. The quantitative estimate of drug-likeness (QED) is 0.329. The van der Waals surface area contributed by atoms with Gasteiger partial charge in [-0.05, 0) is 65.6 Å². The second kappa shape index (κ2) is 6.63. The Hall–Kier alpha value is -0.413. The lowest BCUT2D eigenvalue weighted by Crippen LogP contribution is -2.55. The lowest BCUT2D eigenvalue weighted by molar-refractivity contribution is -0.114. The van der Waals surface area contributed by atoms with E-state index in [9.17, 15) is 4.79 Å². The summed E-state index contributed by atoms with van der Waals surface area (Å²) in [6, 6.07) is 0. The zero-order valence-electron chi connectivity index (χ0n) is 17.9. The Balaban J connectivity index is 2.38. The third-order valence-electron chi connectivity index (χ3n) is 7.96. The maximum absolute atomic E-state index is 11.5. The SMILES string of the molecule is C=C1[C@@H](O[Si](C)(C)C(C)(C)C)C[C@H]2C(C)(C)CCC[C@]2(C)[C@H]1CC=O. The molecule has 0 amide bonds. The van der Waals surface area contributed by atoms with Gasteiger partial charge >= 0.3 is 0 Å². The Labute approximate surface area is 156 Å². The standard InChI is InChI=1S/C22H40O2Si/c1-16-17(11-14-23)22(7)13-10-12-21(5,6)19(22)15-18(16)24-25(8,9)20(2,3)4/h14,17-19H,1,10-13,15H2,2-9H3/t17-,18-,19-,22+/m0/s1. The van der Waals surface area contributed by atoms with Crippen molar-refractivity contribution in [3.05, 3.63) is 12.2 Å². The van der Waals surface area contributed by atoms with Gasteiger partial charge in [-0.25, -0.2) is 0 Å². The van der Waals surface area contributed by atoms with E-state index in [1.807, 2.05) is 0 Å². The number of carbonyl (C=O) groups is 1. The van der Waals surface area contributed by atoms with Gasteiger partial charge in [0.2, 0.25) is 0 Å². The molecule has 0 spiro atoms. The molecule has 0 heterocycles. The fraction of sp³-hybridized carbons (Fsp3) is 0.864. The van der Waals surface area contributed by atoms with Gasteiger partial charge in [-0.1, -0.05) is 54.5 Å². The Morgan fingerprint density at radius 3 is 2.36 bits per heavy atom. The highest BCUT2D eigenvalue weighted by Crippen LogP contribution is 2.62. The predicted molar refractivity (Wildman–Crippen MR) is 109 cm³/mol. The Kier molecular flexibility index (Phi) is 5.54. The third kappa shape index (κ3) is 3.69. The average Bonchev–Trinajstić information content (AvgIpc) is 2.44. The summed E-state index contributed by atoms with van der Waals surface area (Å²) in [5.41, 5.74) is 1.69. The molecule has 0 aromatic carbocycles. The first-order valence-electron chi connectivity index (χ1n) is 10.1. The van der Waals surface area contributed by atoms with Crippen LogP contribution in [0.4, 0.5) is 0 Å². The molecular weight excluding hydrogens is 324 g/mol. The molecule has 2 aliphatic carbocycles. The summed E-state index contributed by atoms with van der Waals surface area (Å²) in [6.07, 6.45) is 6.64. The van der Waals surface area contributed by atoms with Gasteiger partial charge in [0.05, 0.1) is 6.10 Å². The van der Waals surface area contributed by atoms with Gasteiger partial charge in [-0.3, -0.25) is 0 Å². The third-order valence-corrected chi connectivity index (χ3v) is 12.4. The molecule has 0 aliphatic heterocycles. The molecule has 2 rings (SSSR count). The summed E-state index contributed by atoms with van der Waals surface area (Å²) in [5.74, 6) is 0.858. The Morgan fingerprint density at radius 1 is 1.24 bits per heavy atom. The first-order chi connectivity index (χ1) is 11.3. The van der Waals surface area contributed by atoms with Crippen molar-refractivity contribution in [2.75, 3.05) is 0 Å². The molecule has 0 bridgehead atoms. The van der Waals surface area contributed by atoms with Gasteiger partial charge in [-0.15, -0.1) is 0 Å². The summed E-state index contributed by atoms with van der Waals surface area (Å²) in [4.78, 5) is 11.5. The fourth-order valence-electron chi connectivity index (χ4n) is 5.36. The van der Waals surface area contributed by atoms with Crippen molar-refractivity contribution in [1.82, 2.24) is 0 Å². The van der Waals surface area contributed by atoms with Crippen LogP contribution in [0.2, 0.25) is 18.1 Å². The Morgan fingerprint density at radius 2 is 1.84 bits per heavy atom. The average molecular weight is 365 g/mol. The molecule has 25 heavy (non-hydrogen) atoms. The molecular formula is C22H40O2Si. The topological polar surface area (TPSA) is 26.3 Å². The molecule has 3 heteroatoms. The molecule has 0 saturated heterocycles. The van der Waals surface area contributed by atoms with Gasteiger partial charge in [0.1, 0.15) is 6.29 Å². The van der Waals surface area contributed by atoms with E-state index in [0.29, 0.717) is 17.8 Å². The highest BCUT2D eigenvalue weighted by atomic mass is 28.4. The van der Waals surface area contributed by atoms with Crippen LogP contribution in [-0.4, -0.2) is 20.7 Å². The monoisotopic (exact) mass is 364 g/mol. The lowest BCUT2D eigenvalue weighted by Gasteiger charge is -2.60. The van der Waals surface area contributed by atoms with Crippen molar-refractivity contribution < 1.29 is 9.22 Å². The molecule has 0 N–H and O–H groups in total. The van der Waals surface area contributed by atoms with Gasteiger partial charge in [0.25, 0.3) is 0 Å². The van der Waals surface area contributed by atoms with E-state index in [1.165, 1.54) is 24.8 Å². The fourth-order valence-corrected chi connectivity index (χ4v) is 6.67. The van der Waals surface area contributed by atoms with Crippen molar-refractivity contribution in [1.29, 1.82) is 0 Å². The second-order valence-corrected chi connectivity index (χ2v) is 15.8. The van der Waals surface area contributed by atoms with E-state index < -0.39 is 8.32 Å².